The minimum atomic E-state index is 0.287. The lowest BCUT2D eigenvalue weighted by Crippen LogP contribution is -1.90. The van der Waals surface area contributed by atoms with Crippen molar-refractivity contribution in [3.8, 4) is 5.75 Å². The number of H-pyrrole nitrogens is 1. The van der Waals surface area contributed by atoms with Gasteiger partial charge in [0.25, 0.3) is 0 Å². The molecule has 1 unspecified atom stereocenters. The summed E-state index contributed by atoms with van der Waals surface area (Å²) in [6, 6.07) is 5.92. The fraction of sp³-hybridized carbons (Fsp3) is 0.417. The molecule has 2 aromatic rings. The molecule has 0 fully saturated rings. The van der Waals surface area contributed by atoms with Crippen LogP contribution in [0.4, 0.5) is 0 Å². The number of halogens is 1. The number of benzene rings is 1. The van der Waals surface area contributed by atoms with Gasteiger partial charge in [-0.05, 0) is 25.5 Å². The normalized spacial score (nSPS) is 12.9. The fourth-order valence-corrected chi connectivity index (χ4v) is 1.82. The van der Waals surface area contributed by atoms with Gasteiger partial charge in [0.05, 0.1) is 22.5 Å². The highest BCUT2D eigenvalue weighted by atomic mass is 79.9. The molecule has 16 heavy (non-hydrogen) atoms. The van der Waals surface area contributed by atoms with Crippen LogP contribution in [0.15, 0.2) is 18.2 Å². The Morgan fingerprint density at radius 3 is 2.94 bits per heavy atom. The van der Waals surface area contributed by atoms with Gasteiger partial charge in [-0.3, -0.25) is 0 Å². The van der Waals surface area contributed by atoms with Crippen molar-refractivity contribution in [1.82, 2.24) is 9.97 Å². The molecule has 1 N–H and O–H groups in total. The minimum Gasteiger partial charge on any atom is -0.494 e. The van der Waals surface area contributed by atoms with E-state index in [4.69, 9.17) is 4.74 Å². The van der Waals surface area contributed by atoms with Crippen LogP contribution >= 0.6 is 15.9 Å². The molecule has 0 radical (unpaired) electrons. The molecule has 3 nitrogen and oxygen atoms in total. The predicted molar refractivity (Wildman–Crippen MR) is 69.2 cm³/mol. The van der Waals surface area contributed by atoms with Gasteiger partial charge in [0, 0.05) is 6.07 Å². The van der Waals surface area contributed by atoms with E-state index in [1.165, 1.54) is 0 Å². The van der Waals surface area contributed by atoms with Crippen LogP contribution in [0.25, 0.3) is 11.0 Å². The van der Waals surface area contributed by atoms with Gasteiger partial charge in [0.2, 0.25) is 0 Å². The summed E-state index contributed by atoms with van der Waals surface area (Å²) in [6.07, 6.45) is 1.01. The van der Waals surface area contributed by atoms with Crippen molar-refractivity contribution in [3.05, 3.63) is 24.0 Å². The van der Waals surface area contributed by atoms with Crippen molar-refractivity contribution >= 4 is 27.0 Å². The van der Waals surface area contributed by atoms with Crippen molar-refractivity contribution in [3.63, 3.8) is 0 Å². The Morgan fingerprint density at radius 2 is 2.25 bits per heavy atom. The number of aromatic nitrogens is 2. The Hall–Kier alpha value is -1.03. The molecular formula is C12H15BrN2O. The summed E-state index contributed by atoms with van der Waals surface area (Å²) in [6.45, 7) is 4.79. The molecule has 0 aliphatic carbocycles. The van der Waals surface area contributed by atoms with Gasteiger partial charge in [-0.15, -0.1) is 0 Å². The van der Waals surface area contributed by atoms with Crippen LogP contribution in [0.1, 0.15) is 30.9 Å². The van der Waals surface area contributed by atoms with Gasteiger partial charge in [0.1, 0.15) is 11.6 Å². The van der Waals surface area contributed by atoms with Crippen molar-refractivity contribution in [2.24, 2.45) is 0 Å². The van der Waals surface area contributed by atoms with Gasteiger partial charge in [-0.2, -0.15) is 0 Å². The molecule has 0 bridgehead atoms. The summed E-state index contributed by atoms with van der Waals surface area (Å²) in [7, 11) is 0. The molecule has 0 amide bonds. The first-order chi connectivity index (χ1) is 7.74. The van der Waals surface area contributed by atoms with Crippen molar-refractivity contribution < 1.29 is 4.74 Å². The van der Waals surface area contributed by atoms with Crippen LogP contribution in [0, 0.1) is 0 Å². The second kappa shape index (κ2) is 4.87. The summed E-state index contributed by atoms with van der Waals surface area (Å²) in [5, 5.41) is 0. The van der Waals surface area contributed by atoms with Crippen LogP contribution in [-0.2, 0) is 0 Å². The zero-order chi connectivity index (χ0) is 11.5. The highest BCUT2D eigenvalue weighted by Gasteiger charge is 2.10. The van der Waals surface area contributed by atoms with E-state index in [1.54, 1.807) is 0 Å². The second-order valence-corrected chi connectivity index (χ2v) is 4.72. The van der Waals surface area contributed by atoms with Crippen LogP contribution in [0.2, 0.25) is 0 Å². The topological polar surface area (TPSA) is 37.9 Å². The molecule has 2 rings (SSSR count). The van der Waals surface area contributed by atoms with E-state index in [0.717, 1.165) is 29.0 Å². The minimum absolute atomic E-state index is 0.287. The van der Waals surface area contributed by atoms with Gasteiger partial charge in [-0.25, -0.2) is 4.98 Å². The monoisotopic (exact) mass is 282 g/mol. The summed E-state index contributed by atoms with van der Waals surface area (Å²) in [5.74, 6) is 1.86. The SMILES string of the molecule is CCOc1ccc2nc(C(Br)CC)[nH]c2c1. The molecule has 4 heteroatoms. The molecule has 1 aromatic heterocycles. The zero-order valence-electron chi connectivity index (χ0n) is 9.46. The number of imidazole rings is 1. The van der Waals surface area contributed by atoms with E-state index < -0.39 is 0 Å². The average Bonchev–Trinajstić information content (AvgIpc) is 2.71. The largest absolute Gasteiger partial charge is 0.494 e. The van der Waals surface area contributed by atoms with Gasteiger partial charge in [-0.1, -0.05) is 22.9 Å². The molecule has 0 aliphatic rings. The number of alkyl halides is 1. The number of hydrogen-bond donors (Lipinski definition) is 1. The van der Waals surface area contributed by atoms with Crippen LogP contribution in [0.5, 0.6) is 5.75 Å². The van der Waals surface area contributed by atoms with E-state index in [2.05, 4.69) is 32.8 Å². The van der Waals surface area contributed by atoms with Gasteiger partial charge in [0.15, 0.2) is 0 Å². The first-order valence-electron chi connectivity index (χ1n) is 5.51. The third-order valence-corrected chi connectivity index (χ3v) is 3.52. The standard InChI is InChI=1S/C12H15BrN2O/c1-3-9(13)12-14-10-6-5-8(16-4-2)7-11(10)15-12/h5-7,9H,3-4H2,1-2H3,(H,14,15). The lowest BCUT2D eigenvalue weighted by Gasteiger charge is -2.01. The maximum atomic E-state index is 5.45. The molecular weight excluding hydrogens is 268 g/mol. The lowest BCUT2D eigenvalue weighted by atomic mass is 10.3. The quantitative estimate of drug-likeness (QED) is 0.866. The molecule has 1 atom stereocenters. The molecule has 0 aliphatic heterocycles. The van der Waals surface area contributed by atoms with Gasteiger partial charge < -0.3 is 9.72 Å². The van der Waals surface area contributed by atoms with Gasteiger partial charge >= 0.3 is 0 Å². The first-order valence-corrected chi connectivity index (χ1v) is 6.42. The number of ether oxygens (including phenoxy) is 1. The predicted octanol–water partition coefficient (Wildman–Crippen LogP) is 3.81. The number of nitrogens with one attached hydrogen (secondary N) is 1. The van der Waals surface area contributed by atoms with Crippen molar-refractivity contribution in [2.45, 2.75) is 25.1 Å². The number of aromatic amines is 1. The highest BCUT2D eigenvalue weighted by molar-refractivity contribution is 9.09. The van der Waals surface area contributed by atoms with E-state index in [0.29, 0.717) is 6.61 Å². The third-order valence-electron chi connectivity index (χ3n) is 2.44. The maximum Gasteiger partial charge on any atom is 0.121 e. The maximum absolute atomic E-state index is 5.45. The smallest absolute Gasteiger partial charge is 0.121 e. The summed E-state index contributed by atoms with van der Waals surface area (Å²) in [5.41, 5.74) is 2.01. The van der Waals surface area contributed by atoms with E-state index in [1.807, 2.05) is 25.1 Å². The first kappa shape index (κ1) is 11.5. The summed E-state index contributed by atoms with van der Waals surface area (Å²) in [4.78, 5) is 8.12. The third kappa shape index (κ3) is 2.21. The van der Waals surface area contributed by atoms with E-state index >= 15 is 0 Å². The molecule has 0 spiro atoms. The molecule has 1 aromatic carbocycles. The van der Waals surface area contributed by atoms with Crippen LogP contribution in [-0.4, -0.2) is 16.6 Å². The van der Waals surface area contributed by atoms with Crippen LogP contribution < -0.4 is 4.74 Å². The Morgan fingerprint density at radius 1 is 1.44 bits per heavy atom. The molecule has 0 saturated carbocycles. The summed E-state index contributed by atoms with van der Waals surface area (Å²) < 4.78 is 5.45. The zero-order valence-corrected chi connectivity index (χ0v) is 11.0. The Labute approximate surface area is 103 Å². The van der Waals surface area contributed by atoms with Crippen LogP contribution in [0.3, 0.4) is 0 Å². The number of nitrogens with zero attached hydrogens (tertiary/aromatic N) is 1. The van der Waals surface area contributed by atoms with E-state index in [9.17, 15) is 0 Å². The molecule has 86 valence electrons. The van der Waals surface area contributed by atoms with Crippen molar-refractivity contribution in [2.75, 3.05) is 6.61 Å². The average molecular weight is 283 g/mol. The number of hydrogen-bond acceptors (Lipinski definition) is 2. The van der Waals surface area contributed by atoms with Crippen molar-refractivity contribution in [1.29, 1.82) is 0 Å². The highest BCUT2D eigenvalue weighted by Crippen LogP contribution is 2.27. The number of rotatable bonds is 4. The Kier molecular flexibility index (Phi) is 3.49. The second-order valence-electron chi connectivity index (χ2n) is 3.61. The Balaban J connectivity index is 2.38. The molecule has 1 heterocycles. The molecule has 0 saturated heterocycles. The number of fused-ring (bicyclic) bond motifs is 1. The summed E-state index contributed by atoms with van der Waals surface area (Å²) >= 11 is 3.59. The fourth-order valence-electron chi connectivity index (χ4n) is 1.61. The van der Waals surface area contributed by atoms with E-state index in [-0.39, 0.29) is 4.83 Å². The lowest BCUT2D eigenvalue weighted by molar-refractivity contribution is 0.340. The Bertz CT molecular complexity index is 481.